The highest BCUT2D eigenvalue weighted by molar-refractivity contribution is 7.22. The van der Waals surface area contributed by atoms with Crippen LogP contribution < -0.4 is 15.5 Å². The van der Waals surface area contributed by atoms with Crippen LogP contribution in [-0.4, -0.2) is 37.1 Å². The van der Waals surface area contributed by atoms with Crippen LogP contribution in [0, 0.1) is 0 Å². The van der Waals surface area contributed by atoms with Crippen LogP contribution in [-0.2, 0) is 0 Å². The van der Waals surface area contributed by atoms with Crippen molar-refractivity contribution in [1.29, 1.82) is 0 Å². The van der Waals surface area contributed by atoms with Gasteiger partial charge in [0.1, 0.15) is 0 Å². The minimum Gasteiger partial charge on any atom is -0.364 e. The molecular formula is C19H25N3OS. The van der Waals surface area contributed by atoms with E-state index in [1.54, 1.807) is 11.3 Å². The zero-order valence-electron chi connectivity index (χ0n) is 14.3. The molecule has 4 nitrogen and oxygen atoms in total. The van der Waals surface area contributed by atoms with E-state index in [1.807, 2.05) is 12.1 Å². The van der Waals surface area contributed by atoms with Crippen LogP contribution >= 0.6 is 11.3 Å². The Morgan fingerprint density at radius 3 is 2.79 bits per heavy atom. The Morgan fingerprint density at radius 2 is 2.12 bits per heavy atom. The van der Waals surface area contributed by atoms with Crippen molar-refractivity contribution in [1.82, 2.24) is 10.6 Å². The van der Waals surface area contributed by atoms with Crippen LogP contribution in [0.4, 0.5) is 5.00 Å². The van der Waals surface area contributed by atoms with Gasteiger partial charge in [0.15, 0.2) is 0 Å². The molecule has 5 heteroatoms. The first-order valence-electron chi connectivity index (χ1n) is 9.03. The van der Waals surface area contributed by atoms with Gasteiger partial charge in [0.25, 0.3) is 5.91 Å². The van der Waals surface area contributed by atoms with E-state index in [9.17, 15) is 4.79 Å². The van der Waals surface area contributed by atoms with Crippen molar-refractivity contribution >= 4 is 32.3 Å². The summed E-state index contributed by atoms with van der Waals surface area (Å²) < 4.78 is 1.19. The number of nitrogens with zero attached hydrogens (tertiary/aromatic N) is 1. The first kappa shape index (κ1) is 15.9. The molecule has 0 spiro atoms. The minimum atomic E-state index is 0.0639. The van der Waals surface area contributed by atoms with E-state index in [4.69, 9.17) is 0 Å². The minimum absolute atomic E-state index is 0.0639. The number of carbonyl (C=O) groups is 1. The molecule has 0 aliphatic carbocycles. The summed E-state index contributed by atoms with van der Waals surface area (Å²) in [5.41, 5.74) is 0.776. The Morgan fingerprint density at radius 1 is 1.29 bits per heavy atom. The van der Waals surface area contributed by atoms with Gasteiger partial charge in [-0.3, -0.25) is 4.79 Å². The van der Waals surface area contributed by atoms with Gasteiger partial charge in [0.2, 0.25) is 0 Å². The number of thiophene rings is 1. The Bertz CT molecular complexity index is 752. The number of carbonyl (C=O) groups excluding carboxylic acids is 1. The van der Waals surface area contributed by atoms with Crippen LogP contribution in [0.2, 0.25) is 0 Å². The summed E-state index contributed by atoms with van der Waals surface area (Å²) in [5.74, 6) is 0.0639. The summed E-state index contributed by atoms with van der Waals surface area (Å²) >= 11 is 1.77. The van der Waals surface area contributed by atoms with E-state index in [0.717, 1.165) is 25.1 Å². The number of hydrogen-bond donors (Lipinski definition) is 2. The Balaban J connectivity index is 1.52. The molecule has 3 atom stereocenters. The maximum atomic E-state index is 12.6. The van der Waals surface area contributed by atoms with Gasteiger partial charge in [-0.05, 0) is 56.7 Å². The highest BCUT2D eigenvalue weighted by Crippen LogP contribution is 2.33. The molecule has 128 valence electrons. The molecular weight excluding hydrogens is 318 g/mol. The molecule has 2 bridgehead atoms. The van der Waals surface area contributed by atoms with Gasteiger partial charge < -0.3 is 15.5 Å². The summed E-state index contributed by atoms with van der Waals surface area (Å²) in [7, 11) is 0. The molecule has 2 aliphatic rings. The fourth-order valence-electron chi connectivity index (χ4n) is 4.08. The highest BCUT2D eigenvalue weighted by atomic mass is 32.1. The van der Waals surface area contributed by atoms with E-state index >= 15 is 0 Å². The Hall–Kier alpha value is -1.59. The van der Waals surface area contributed by atoms with Crippen LogP contribution in [0.3, 0.4) is 0 Å². The van der Waals surface area contributed by atoms with Crippen molar-refractivity contribution in [2.24, 2.45) is 0 Å². The van der Waals surface area contributed by atoms with Crippen molar-refractivity contribution in [3.05, 3.63) is 29.8 Å². The van der Waals surface area contributed by atoms with E-state index in [0.29, 0.717) is 18.1 Å². The molecule has 2 fully saturated rings. The van der Waals surface area contributed by atoms with Gasteiger partial charge >= 0.3 is 0 Å². The molecule has 1 aromatic heterocycles. The van der Waals surface area contributed by atoms with E-state index in [-0.39, 0.29) is 5.91 Å². The second-order valence-electron chi connectivity index (χ2n) is 6.87. The normalized spacial score (nSPS) is 25.3. The first-order chi connectivity index (χ1) is 11.7. The van der Waals surface area contributed by atoms with Gasteiger partial charge in [-0.15, -0.1) is 11.3 Å². The molecule has 2 aliphatic heterocycles. The van der Waals surface area contributed by atoms with Gasteiger partial charge in [-0.2, -0.15) is 0 Å². The molecule has 3 heterocycles. The van der Waals surface area contributed by atoms with Crippen molar-refractivity contribution in [2.75, 3.05) is 18.0 Å². The molecule has 0 saturated carbocycles. The third-order valence-corrected chi connectivity index (χ3v) is 6.62. The zero-order chi connectivity index (χ0) is 16.7. The molecule has 0 radical (unpaired) electrons. The third-order valence-electron chi connectivity index (χ3n) is 5.46. The number of amides is 1. The average Bonchev–Trinajstić information content (AvgIpc) is 3.30. The summed E-state index contributed by atoms with van der Waals surface area (Å²) in [4.78, 5) is 15.0. The third kappa shape index (κ3) is 2.80. The van der Waals surface area contributed by atoms with E-state index in [2.05, 4.69) is 41.5 Å². The summed E-state index contributed by atoms with van der Waals surface area (Å²) in [5, 5.41) is 9.32. The number of benzene rings is 1. The van der Waals surface area contributed by atoms with Crippen molar-refractivity contribution in [3.63, 3.8) is 0 Å². The summed E-state index contributed by atoms with van der Waals surface area (Å²) in [6.45, 7) is 6.37. The van der Waals surface area contributed by atoms with Crippen LogP contribution in [0.25, 0.3) is 10.1 Å². The lowest BCUT2D eigenvalue weighted by Gasteiger charge is -2.21. The number of nitrogens with one attached hydrogen (secondary N) is 2. The molecule has 1 amide bonds. The maximum Gasteiger partial charge on any atom is 0.251 e. The maximum absolute atomic E-state index is 12.6. The Kier molecular flexibility index (Phi) is 4.22. The lowest BCUT2D eigenvalue weighted by Crippen LogP contribution is -2.42. The van der Waals surface area contributed by atoms with Crippen LogP contribution in [0.1, 0.15) is 43.5 Å². The van der Waals surface area contributed by atoms with Gasteiger partial charge in [0.05, 0.1) is 5.00 Å². The molecule has 2 N–H and O–H groups in total. The van der Waals surface area contributed by atoms with Crippen LogP contribution in [0.15, 0.2) is 24.3 Å². The topological polar surface area (TPSA) is 44.4 Å². The monoisotopic (exact) mass is 343 g/mol. The molecule has 1 aromatic carbocycles. The number of anilines is 1. The van der Waals surface area contributed by atoms with Gasteiger partial charge in [-0.1, -0.05) is 6.07 Å². The SMILES string of the molecule is CCN(CC)c1cc2ccc(C(=O)N[C@@H]3C[C@H]4CC[C@@H]3N4)cc2s1. The zero-order valence-corrected chi connectivity index (χ0v) is 15.2. The number of hydrogen-bond acceptors (Lipinski definition) is 4. The number of fused-ring (bicyclic) bond motifs is 3. The van der Waals surface area contributed by atoms with Gasteiger partial charge in [-0.25, -0.2) is 0 Å². The lowest BCUT2D eigenvalue weighted by molar-refractivity contribution is 0.0931. The predicted octanol–water partition coefficient (Wildman–Crippen LogP) is 3.37. The standard InChI is InChI=1S/C19H25N3OS/c1-3-22(4-2)18-10-12-5-6-13(9-17(12)24-18)19(23)21-16-11-14-7-8-15(16)20-14/h5-6,9-10,14-16,20H,3-4,7-8,11H2,1-2H3,(H,21,23)/t14-,15+,16-/m1/s1. The summed E-state index contributed by atoms with van der Waals surface area (Å²) in [6.07, 6.45) is 3.52. The highest BCUT2D eigenvalue weighted by Gasteiger charge is 2.39. The van der Waals surface area contributed by atoms with E-state index < -0.39 is 0 Å². The van der Waals surface area contributed by atoms with E-state index in [1.165, 1.54) is 27.9 Å². The first-order valence-corrected chi connectivity index (χ1v) is 9.85. The van der Waals surface area contributed by atoms with Crippen LogP contribution in [0.5, 0.6) is 0 Å². The smallest absolute Gasteiger partial charge is 0.251 e. The molecule has 2 aromatic rings. The van der Waals surface area contributed by atoms with Crippen molar-refractivity contribution in [2.45, 2.75) is 51.2 Å². The molecule has 2 saturated heterocycles. The number of rotatable bonds is 5. The lowest BCUT2D eigenvalue weighted by atomic mass is 9.95. The molecule has 0 unspecified atom stereocenters. The second-order valence-corrected chi connectivity index (χ2v) is 7.93. The quantitative estimate of drug-likeness (QED) is 0.875. The molecule has 4 rings (SSSR count). The average molecular weight is 343 g/mol. The fraction of sp³-hybridized carbons (Fsp3) is 0.526. The van der Waals surface area contributed by atoms with Crippen molar-refractivity contribution < 1.29 is 4.79 Å². The molecule has 24 heavy (non-hydrogen) atoms. The van der Waals surface area contributed by atoms with Crippen molar-refractivity contribution in [3.8, 4) is 0 Å². The largest absolute Gasteiger partial charge is 0.364 e. The Labute approximate surface area is 147 Å². The predicted molar refractivity (Wildman–Crippen MR) is 101 cm³/mol. The van der Waals surface area contributed by atoms with Gasteiger partial charge in [0, 0.05) is 41.5 Å². The summed E-state index contributed by atoms with van der Waals surface area (Å²) in [6, 6.07) is 9.68. The fourth-order valence-corrected chi connectivity index (χ4v) is 5.31. The second kappa shape index (κ2) is 6.37.